The molecule has 0 saturated heterocycles. The molecule has 1 heterocycles. The summed E-state index contributed by atoms with van der Waals surface area (Å²) in [6.07, 6.45) is 3.33. The molecule has 0 aliphatic carbocycles. The summed E-state index contributed by atoms with van der Waals surface area (Å²) in [6.45, 7) is 12.3. The van der Waals surface area contributed by atoms with Crippen LogP contribution in [0.1, 0.15) is 57.0 Å². The summed E-state index contributed by atoms with van der Waals surface area (Å²) in [4.78, 5) is 24.3. The number of carbonyl (C=O) groups is 2. The van der Waals surface area contributed by atoms with Crippen molar-refractivity contribution in [2.45, 2.75) is 60.0 Å². The molecule has 3 N–H and O–H groups in total. The van der Waals surface area contributed by atoms with Crippen LogP contribution in [0, 0.1) is 5.41 Å². The minimum absolute atomic E-state index is 0. The first-order valence-electron chi connectivity index (χ1n) is 13.3. The first kappa shape index (κ1) is 32.0. The monoisotopic (exact) mass is 559 g/mol. The Morgan fingerprint density at radius 3 is 2.38 bits per heavy atom. The molecule has 0 spiro atoms. The number of benzene rings is 2. The lowest BCUT2D eigenvalue weighted by molar-refractivity contribution is -0.153. The number of aryl methyl sites for hydroxylation is 1. The number of esters is 1. The second-order valence-corrected chi connectivity index (χ2v) is 10.5. The van der Waals surface area contributed by atoms with Gasteiger partial charge in [-0.2, -0.15) is 0 Å². The number of nitrogens with two attached hydrogens (primary N) is 1. The van der Waals surface area contributed by atoms with E-state index in [0.29, 0.717) is 44.9 Å². The zero-order valence-corrected chi connectivity index (χ0v) is 24.4. The van der Waals surface area contributed by atoms with Crippen molar-refractivity contribution in [2.75, 3.05) is 26.4 Å². The van der Waals surface area contributed by atoms with Crippen molar-refractivity contribution in [3.05, 3.63) is 59.8 Å². The summed E-state index contributed by atoms with van der Waals surface area (Å²) < 4.78 is 18.9. The highest BCUT2D eigenvalue weighted by molar-refractivity contribution is 6.05. The number of primary amides is 1. The molecule has 0 aliphatic rings. The number of fused-ring (bicyclic) bond motifs is 1. The van der Waals surface area contributed by atoms with Gasteiger partial charge in [0.25, 0.3) is 5.91 Å². The molecule has 214 valence electrons. The number of nitrogens with zero attached hydrogens (tertiary/aromatic N) is 1. The highest BCUT2D eigenvalue weighted by Gasteiger charge is 2.22. The molecule has 0 radical (unpaired) electrons. The normalized spacial score (nSPS) is 12.0. The van der Waals surface area contributed by atoms with E-state index >= 15 is 0 Å². The standard InChI is InChI=1S/C30H41N3O5.ClH/c1-6-36-25-10-7-8-11-26(25)37-17-13-32-21(2)18-22-19-23-12-15-33(27(23)24(20-22)28(31)34)14-9-16-38-29(35)30(3,4)5;/h7-8,10-12,15,19-21,32H,6,9,13-14,16-18H2,1-5H3,(H2,31,34);1H. The number of amides is 1. The molecule has 1 aromatic heterocycles. The fourth-order valence-electron chi connectivity index (χ4n) is 4.26. The van der Waals surface area contributed by atoms with Crippen LogP contribution >= 0.6 is 12.4 Å². The van der Waals surface area contributed by atoms with E-state index in [-0.39, 0.29) is 24.4 Å². The van der Waals surface area contributed by atoms with Gasteiger partial charge in [-0.1, -0.05) is 12.1 Å². The summed E-state index contributed by atoms with van der Waals surface area (Å²) in [5.41, 5.74) is 7.59. The van der Waals surface area contributed by atoms with Crippen LogP contribution < -0.4 is 20.5 Å². The largest absolute Gasteiger partial charge is 0.490 e. The van der Waals surface area contributed by atoms with Crippen LogP contribution in [0.2, 0.25) is 0 Å². The molecule has 1 amide bonds. The van der Waals surface area contributed by atoms with Crippen LogP contribution in [0.15, 0.2) is 48.7 Å². The number of nitrogens with one attached hydrogen (secondary N) is 1. The molecule has 2 aromatic carbocycles. The Labute approximate surface area is 237 Å². The van der Waals surface area contributed by atoms with Gasteiger partial charge in [-0.25, -0.2) is 0 Å². The number of para-hydroxylation sites is 2. The minimum Gasteiger partial charge on any atom is -0.490 e. The van der Waals surface area contributed by atoms with Gasteiger partial charge in [0.15, 0.2) is 11.5 Å². The maximum atomic E-state index is 12.3. The molecule has 0 aliphatic heterocycles. The number of rotatable bonds is 14. The number of hydrogen-bond acceptors (Lipinski definition) is 6. The fraction of sp³-hybridized carbons (Fsp3) is 0.467. The summed E-state index contributed by atoms with van der Waals surface area (Å²) in [7, 11) is 0. The number of hydrogen-bond donors (Lipinski definition) is 2. The maximum absolute atomic E-state index is 12.3. The Kier molecular flexibility index (Phi) is 12.1. The maximum Gasteiger partial charge on any atom is 0.311 e. The Hall–Kier alpha value is -3.23. The first-order chi connectivity index (χ1) is 18.1. The summed E-state index contributed by atoms with van der Waals surface area (Å²) >= 11 is 0. The number of ether oxygens (including phenoxy) is 3. The molecule has 0 fully saturated rings. The SMILES string of the molecule is CCOc1ccccc1OCCNC(C)Cc1cc(C(N)=O)c2c(ccn2CCCOC(=O)C(C)(C)C)c1.Cl. The van der Waals surface area contributed by atoms with E-state index in [4.69, 9.17) is 19.9 Å². The summed E-state index contributed by atoms with van der Waals surface area (Å²) in [6, 6.07) is 13.8. The van der Waals surface area contributed by atoms with E-state index in [2.05, 4.69) is 18.3 Å². The third-order valence-corrected chi connectivity index (χ3v) is 6.12. The van der Waals surface area contributed by atoms with E-state index < -0.39 is 11.3 Å². The highest BCUT2D eigenvalue weighted by atomic mass is 35.5. The molecule has 1 unspecified atom stereocenters. The van der Waals surface area contributed by atoms with Gasteiger partial charge < -0.3 is 29.8 Å². The van der Waals surface area contributed by atoms with Crippen molar-refractivity contribution in [1.82, 2.24) is 9.88 Å². The number of aromatic nitrogens is 1. The van der Waals surface area contributed by atoms with Crippen molar-refractivity contribution >= 4 is 35.2 Å². The van der Waals surface area contributed by atoms with Gasteiger partial charge in [0, 0.05) is 30.7 Å². The van der Waals surface area contributed by atoms with Gasteiger partial charge in [0.05, 0.1) is 29.7 Å². The topological polar surface area (TPSA) is 105 Å². The molecular weight excluding hydrogens is 518 g/mol. The zero-order chi connectivity index (χ0) is 27.7. The molecular formula is C30H42ClN3O5. The van der Waals surface area contributed by atoms with E-state index in [1.165, 1.54) is 0 Å². The Balaban J connectivity index is 0.00000533. The molecule has 1 atom stereocenters. The van der Waals surface area contributed by atoms with Crippen LogP contribution in [0.5, 0.6) is 11.5 Å². The molecule has 8 nitrogen and oxygen atoms in total. The molecule has 0 bridgehead atoms. The highest BCUT2D eigenvalue weighted by Crippen LogP contribution is 2.26. The lowest BCUT2D eigenvalue weighted by atomic mass is 9.97. The van der Waals surface area contributed by atoms with Crippen LogP contribution in [0.4, 0.5) is 0 Å². The minimum atomic E-state index is -0.524. The lowest BCUT2D eigenvalue weighted by Crippen LogP contribution is -2.32. The average Bonchev–Trinajstić information content (AvgIpc) is 3.27. The van der Waals surface area contributed by atoms with Gasteiger partial charge >= 0.3 is 5.97 Å². The lowest BCUT2D eigenvalue weighted by Gasteiger charge is -2.17. The summed E-state index contributed by atoms with van der Waals surface area (Å²) in [5, 5.41) is 4.44. The van der Waals surface area contributed by atoms with Gasteiger partial charge in [0.2, 0.25) is 0 Å². The Bertz CT molecular complexity index is 1240. The van der Waals surface area contributed by atoms with Crippen molar-refractivity contribution in [3.63, 3.8) is 0 Å². The predicted octanol–water partition coefficient (Wildman–Crippen LogP) is 5.14. The van der Waals surface area contributed by atoms with Gasteiger partial charge in [-0.05, 0) is 83.4 Å². The molecule has 39 heavy (non-hydrogen) atoms. The van der Waals surface area contributed by atoms with Crippen LogP contribution in [-0.2, 0) is 22.5 Å². The predicted molar refractivity (Wildman–Crippen MR) is 157 cm³/mol. The van der Waals surface area contributed by atoms with E-state index in [9.17, 15) is 9.59 Å². The van der Waals surface area contributed by atoms with Gasteiger partial charge in [-0.15, -0.1) is 12.4 Å². The Morgan fingerprint density at radius 2 is 1.74 bits per heavy atom. The van der Waals surface area contributed by atoms with Gasteiger partial charge in [-0.3, -0.25) is 9.59 Å². The van der Waals surface area contributed by atoms with Crippen LogP contribution in [0.3, 0.4) is 0 Å². The first-order valence-corrected chi connectivity index (χ1v) is 13.3. The molecule has 9 heteroatoms. The third-order valence-electron chi connectivity index (χ3n) is 6.12. The molecule has 3 aromatic rings. The second-order valence-electron chi connectivity index (χ2n) is 10.5. The van der Waals surface area contributed by atoms with Crippen molar-refractivity contribution in [1.29, 1.82) is 0 Å². The van der Waals surface area contributed by atoms with Gasteiger partial charge in [0.1, 0.15) is 6.61 Å². The van der Waals surface area contributed by atoms with Crippen molar-refractivity contribution in [2.24, 2.45) is 11.1 Å². The van der Waals surface area contributed by atoms with Crippen LogP contribution in [0.25, 0.3) is 10.9 Å². The van der Waals surface area contributed by atoms with Crippen molar-refractivity contribution in [3.8, 4) is 11.5 Å². The van der Waals surface area contributed by atoms with E-state index in [0.717, 1.165) is 34.4 Å². The van der Waals surface area contributed by atoms with Crippen LogP contribution in [-0.4, -0.2) is 48.9 Å². The third kappa shape index (κ3) is 9.18. The fourth-order valence-corrected chi connectivity index (χ4v) is 4.26. The number of carbonyl (C=O) groups excluding carboxylic acids is 2. The number of halogens is 1. The molecule has 0 saturated carbocycles. The van der Waals surface area contributed by atoms with E-state index in [1.807, 2.05) is 74.9 Å². The van der Waals surface area contributed by atoms with E-state index in [1.54, 1.807) is 0 Å². The smallest absolute Gasteiger partial charge is 0.311 e. The van der Waals surface area contributed by atoms with Crippen molar-refractivity contribution < 1.29 is 23.8 Å². The Morgan fingerprint density at radius 1 is 1.05 bits per heavy atom. The second kappa shape index (κ2) is 14.8. The molecule has 3 rings (SSSR count). The quantitative estimate of drug-likeness (QED) is 0.209. The average molecular weight is 560 g/mol. The summed E-state index contributed by atoms with van der Waals surface area (Å²) in [5.74, 6) is 0.797. The zero-order valence-electron chi connectivity index (χ0n) is 23.6.